The summed E-state index contributed by atoms with van der Waals surface area (Å²) < 4.78 is 70.1. The highest BCUT2D eigenvalue weighted by atomic mass is 32.2. The Hall–Kier alpha value is -3.32. The quantitative estimate of drug-likeness (QED) is 0.464. The number of aliphatic carboxylic acids is 1. The van der Waals surface area contributed by atoms with E-state index in [0.717, 1.165) is 37.9 Å². The maximum atomic E-state index is 12.7. The van der Waals surface area contributed by atoms with E-state index in [4.69, 9.17) is 19.4 Å². The van der Waals surface area contributed by atoms with Gasteiger partial charge in [0.05, 0.1) is 23.5 Å². The van der Waals surface area contributed by atoms with Crippen LogP contribution in [0, 0.1) is 0 Å². The fourth-order valence-electron chi connectivity index (χ4n) is 3.78. The Kier molecular flexibility index (Phi) is 8.69. The predicted octanol–water partition coefficient (Wildman–Crippen LogP) is 3.46. The Bertz CT molecular complexity index is 1190. The molecule has 2 aromatic rings. The number of nitrogens with one attached hydrogen (secondary N) is 2. The van der Waals surface area contributed by atoms with E-state index < -0.39 is 27.6 Å². The van der Waals surface area contributed by atoms with Gasteiger partial charge in [0.25, 0.3) is 10.0 Å². The summed E-state index contributed by atoms with van der Waals surface area (Å²) in [7, 11) is -2.18. The molecular formula is C24H27F3N2O7S. The van der Waals surface area contributed by atoms with E-state index in [9.17, 15) is 26.4 Å². The lowest BCUT2D eigenvalue weighted by Gasteiger charge is -2.18. The van der Waals surface area contributed by atoms with Crippen LogP contribution in [0.15, 0.2) is 53.4 Å². The van der Waals surface area contributed by atoms with E-state index in [-0.39, 0.29) is 16.9 Å². The molecule has 1 aliphatic heterocycles. The van der Waals surface area contributed by atoms with Crippen LogP contribution in [0.25, 0.3) is 0 Å². The molecule has 4 rings (SSSR count). The first kappa shape index (κ1) is 28.3. The Balaban J connectivity index is 0.000000479. The lowest BCUT2D eigenvalue weighted by atomic mass is 9.94. The zero-order chi connectivity index (χ0) is 27.3. The van der Waals surface area contributed by atoms with Crippen molar-refractivity contribution in [3.05, 3.63) is 54.1 Å². The van der Waals surface area contributed by atoms with E-state index in [1.165, 1.54) is 19.2 Å². The second kappa shape index (κ2) is 11.4. The molecule has 0 radical (unpaired) electrons. The molecule has 1 unspecified atom stereocenters. The molecule has 1 atom stereocenters. The van der Waals surface area contributed by atoms with Gasteiger partial charge in [0.15, 0.2) is 0 Å². The lowest BCUT2D eigenvalue weighted by molar-refractivity contribution is -0.192. The summed E-state index contributed by atoms with van der Waals surface area (Å²) in [6.45, 7) is 1.31. The normalized spacial score (nSPS) is 18.2. The van der Waals surface area contributed by atoms with Gasteiger partial charge in [-0.15, -0.1) is 0 Å². The number of amides is 1. The lowest BCUT2D eigenvalue weighted by Crippen LogP contribution is -2.39. The van der Waals surface area contributed by atoms with Crippen molar-refractivity contribution in [3.8, 4) is 5.75 Å². The zero-order valence-corrected chi connectivity index (χ0v) is 20.7. The molecule has 9 nitrogen and oxygen atoms in total. The number of carbonyl (C=O) groups is 2. The Morgan fingerprint density at radius 2 is 1.70 bits per heavy atom. The van der Waals surface area contributed by atoms with Crippen molar-refractivity contribution >= 4 is 27.6 Å². The first-order valence-electron chi connectivity index (χ1n) is 11.3. The summed E-state index contributed by atoms with van der Waals surface area (Å²) in [5.41, 5.74) is 0.844. The summed E-state index contributed by atoms with van der Waals surface area (Å²) in [4.78, 5) is 21.8. The minimum atomic E-state index is -5.08. The highest BCUT2D eigenvalue weighted by Gasteiger charge is 2.51. The first-order valence-corrected chi connectivity index (χ1v) is 12.8. The number of halogens is 3. The maximum Gasteiger partial charge on any atom is 0.490 e. The molecule has 2 aliphatic rings. The van der Waals surface area contributed by atoms with Crippen molar-refractivity contribution in [1.29, 1.82) is 0 Å². The van der Waals surface area contributed by atoms with E-state index in [2.05, 4.69) is 10.0 Å². The van der Waals surface area contributed by atoms with Gasteiger partial charge < -0.3 is 19.9 Å². The van der Waals surface area contributed by atoms with Crippen molar-refractivity contribution < 1.29 is 45.8 Å². The maximum absolute atomic E-state index is 12.7. The Labute approximate surface area is 212 Å². The summed E-state index contributed by atoms with van der Waals surface area (Å²) in [6.07, 6.45) is -1.36. The minimum Gasteiger partial charge on any atom is -0.497 e. The fraction of sp³-hybridized carbons (Fsp3) is 0.417. The van der Waals surface area contributed by atoms with Crippen molar-refractivity contribution in [1.82, 2.24) is 5.32 Å². The average Bonchev–Trinajstić information content (AvgIpc) is 3.50. The van der Waals surface area contributed by atoms with Gasteiger partial charge in [-0.05, 0) is 67.6 Å². The zero-order valence-electron chi connectivity index (χ0n) is 19.9. The predicted molar refractivity (Wildman–Crippen MR) is 127 cm³/mol. The summed E-state index contributed by atoms with van der Waals surface area (Å²) in [5, 5.41) is 10.1. The van der Waals surface area contributed by atoms with Crippen molar-refractivity contribution in [2.75, 3.05) is 25.0 Å². The van der Waals surface area contributed by atoms with Crippen LogP contribution in [-0.2, 0) is 29.8 Å². The van der Waals surface area contributed by atoms with Crippen LogP contribution in [0.5, 0.6) is 5.75 Å². The standard InChI is InChI=1S/C22H26N2O5S.C2HF3O2/c1-28-18-8-10-20(11-9-18)30(26,27)24-17-6-4-16(5-7-17)22(12-13-22)21(25)23-15-19-3-2-14-29-19;3-2(4,5)1(6)7/h4-11,19,24H,2-3,12-15H2,1H3,(H,23,25);(H,6,7). The van der Waals surface area contributed by atoms with E-state index in [0.29, 0.717) is 18.0 Å². The van der Waals surface area contributed by atoms with Crippen LogP contribution in [0.2, 0.25) is 0 Å². The van der Waals surface area contributed by atoms with E-state index in [1.54, 1.807) is 24.3 Å². The highest BCUT2D eigenvalue weighted by Crippen LogP contribution is 2.48. The SMILES string of the molecule is COc1ccc(S(=O)(=O)Nc2ccc(C3(C(=O)NCC4CCCO4)CC3)cc2)cc1.O=C(O)C(F)(F)F. The molecule has 3 N–H and O–H groups in total. The molecule has 1 aliphatic carbocycles. The van der Waals surface area contributed by atoms with Crippen LogP contribution in [0.1, 0.15) is 31.2 Å². The topological polar surface area (TPSA) is 131 Å². The molecule has 1 saturated carbocycles. The second-order valence-electron chi connectivity index (χ2n) is 8.59. The number of anilines is 1. The monoisotopic (exact) mass is 544 g/mol. The number of carboxylic acids is 1. The molecule has 2 aromatic carbocycles. The summed E-state index contributed by atoms with van der Waals surface area (Å²) >= 11 is 0. The molecule has 1 saturated heterocycles. The molecule has 37 heavy (non-hydrogen) atoms. The van der Waals surface area contributed by atoms with Crippen LogP contribution in [-0.4, -0.2) is 57.9 Å². The molecule has 0 bridgehead atoms. The number of carboxylic acid groups (broad SMARTS) is 1. The van der Waals surface area contributed by atoms with Gasteiger partial charge in [0, 0.05) is 18.8 Å². The highest BCUT2D eigenvalue weighted by molar-refractivity contribution is 7.92. The van der Waals surface area contributed by atoms with Crippen molar-refractivity contribution in [2.45, 2.75) is 48.3 Å². The summed E-state index contributed by atoms with van der Waals surface area (Å²) in [6, 6.07) is 13.2. The van der Waals surface area contributed by atoms with Gasteiger partial charge in [-0.3, -0.25) is 9.52 Å². The van der Waals surface area contributed by atoms with Crippen LogP contribution < -0.4 is 14.8 Å². The van der Waals surface area contributed by atoms with Crippen molar-refractivity contribution in [2.24, 2.45) is 0 Å². The number of benzene rings is 2. The third-order valence-electron chi connectivity index (χ3n) is 6.00. The molecule has 202 valence electrons. The van der Waals surface area contributed by atoms with Crippen LogP contribution in [0.3, 0.4) is 0 Å². The number of alkyl halides is 3. The van der Waals surface area contributed by atoms with Crippen molar-refractivity contribution in [3.63, 3.8) is 0 Å². The van der Waals surface area contributed by atoms with E-state index >= 15 is 0 Å². The number of ether oxygens (including phenoxy) is 2. The number of methoxy groups -OCH3 is 1. The van der Waals surface area contributed by atoms with Gasteiger partial charge in [-0.25, -0.2) is 13.2 Å². The van der Waals surface area contributed by atoms with E-state index in [1.807, 2.05) is 12.1 Å². The number of hydrogen-bond acceptors (Lipinski definition) is 6. The number of hydrogen-bond donors (Lipinski definition) is 3. The summed E-state index contributed by atoms with van der Waals surface area (Å²) in [5.74, 6) is -2.15. The van der Waals surface area contributed by atoms with Crippen LogP contribution in [0.4, 0.5) is 18.9 Å². The smallest absolute Gasteiger partial charge is 0.490 e. The number of sulfonamides is 1. The third kappa shape index (κ3) is 7.35. The largest absolute Gasteiger partial charge is 0.497 e. The van der Waals surface area contributed by atoms with Gasteiger partial charge in [-0.2, -0.15) is 13.2 Å². The molecule has 0 spiro atoms. The number of rotatable bonds is 8. The Morgan fingerprint density at radius 3 is 2.16 bits per heavy atom. The molecule has 13 heteroatoms. The van der Waals surface area contributed by atoms with Gasteiger partial charge in [0.1, 0.15) is 5.75 Å². The minimum absolute atomic E-state index is 0.0181. The third-order valence-corrected chi connectivity index (χ3v) is 7.40. The van der Waals surface area contributed by atoms with Gasteiger partial charge in [-0.1, -0.05) is 12.1 Å². The fourth-order valence-corrected chi connectivity index (χ4v) is 4.84. The Morgan fingerprint density at radius 1 is 1.11 bits per heavy atom. The molecule has 2 fully saturated rings. The second-order valence-corrected chi connectivity index (χ2v) is 10.3. The number of carbonyl (C=O) groups excluding carboxylic acids is 1. The van der Waals surface area contributed by atoms with Gasteiger partial charge >= 0.3 is 12.1 Å². The first-order chi connectivity index (χ1) is 17.4. The molecule has 1 heterocycles. The van der Waals surface area contributed by atoms with Gasteiger partial charge in [0.2, 0.25) is 5.91 Å². The molecule has 1 amide bonds. The molecular weight excluding hydrogens is 517 g/mol. The molecule has 0 aromatic heterocycles. The van der Waals surface area contributed by atoms with Crippen LogP contribution >= 0.6 is 0 Å². The average molecular weight is 545 g/mol.